The van der Waals surface area contributed by atoms with Gasteiger partial charge in [-0.05, 0) is 0 Å². The van der Waals surface area contributed by atoms with Gasteiger partial charge >= 0.3 is 0 Å². The van der Waals surface area contributed by atoms with E-state index in [2.05, 4.69) is 15.5 Å². The number of aromatic nitrogens is 2. The van der Waals surface area contributed by atoms with E-state index >= 15 is 0 Å². The van der Waals surface area contributed by atoms with Gasteiger partial charge in [0, 0.05) is 19.7 Å². The van der Waals surface area contributed by atoms with Gasteiger partial charge in [-0.1, -0.05) is 11.6 Å². The lowest BCUT2D eigenvalue weighted by molar-refractivity contribution is 0.211. The maximum absolute atomic E-state index is 5.61. The van der Waals surface area contributed by atoms with Crippen LogP contribution in [-0.4, -0.2) is 30.5 Å². The SMILES string of the molecule is COCCNc1cnnc(Cl)c1. The maximum Gasteiger partial charge on any atom is 0.153 e. The van der Waals surface area contributed by atoms with Crippen molar-refractivity contribution in [3.8, 4) is 0 Å². The van der Waals surface area contributed by atoms with Gasteiger partial charge in [0.25, 0.3) is 0 Å². The summed E-state index contributed by atoms with van der Waals surface area (Å²) in [6.45, 7) is 1.39. The first-order valence-corrected chi connectivity index (χ1v) is 3.92. The normalized spacial score (nSPS) is 9.83. The molecule has 0 fully saturated rings. The summed E-state index contributed by atoms with van der Waals surface area (Å²) < 4.78 is 4.86. The predicted molar refractivity (Wildman–Crippen MR) is 47.4 cm³/mol. The highest BCUT2D eigenvalue weighted by Crippen LogP contribution is 2.09. The van der Waals surface area contributed by atoms with Crippen LogP contribution < -0.4 is 5.32 Å². The zero-order valence-corrected chi connectivity index (χ0v) is 7.51. The van der Waals surface area contributed by atoms with Crippen molar-refractivity contribution in [3.63, 3.8) is 0 Å². The van der Waals surface area contributed by atoms with E-state index in [-0.39, 0.29) is 0 Å². The molecule has 1 aromatic rings. The molecule has 0 saturated carbocycles. The molecule has 1 N–H and O–H groups in total. The monoisotopic (exact) mass is 187 g/mol. The Morgan fingerprint density at radius 1 is 1.67 bits per heavy atom. The van der Waals surface area contributed by atoms with E-state index in [1.807, 2.05) is 0 Å². The van der Waals surface area contributed by atoms with Gasteiger partial charge in [0.1, 0.15) is 0 Å². The van der Waals surface area contributed by atoms with Gasteiger partial charge in [0.05, 0.1) is 18.5 Å². The molecule has 1 aromatic heterocycles. The maximum atomic E-state index is 5.61. The number of rotatable bonds is 4. The van der Waals surface area contributed by atoms with Crippen LogP contribution in [0, 0.1) is 0 Å². The van der Waals surface area contributed by atoms with Gasteiger partial charge < -0.3 is 10.1 Å². The Balaban J connectivity index is 2.41. The smallest absolute Gasteiger partial charge is 0.153 e. The summed E-state index contributed by atoms with van der Waals surface area (Å²) in [5.74, 6) is 0. The molecule has 0 saturated heterocycles. The Labute approximate surface area is 75.9 Å². The lowest BCUT2D eigenvalue weighted by Gasteiger charge is -2.03. The van der Waals surface area contributed by atoms with Crippen LogP contribution in [0.15, 0.2) is 12.3 Å². The van der Waals surface area contributed by atoms with E-state index in [1.165, 1.54) is 0 Å². The number of nitrogens with zero attached hydrogens (tertiary/aromatic N) is 2. The van der Waals surface area contributed by atoms with Gasteiger partial charge in [-0.2, -0.15) is 5.10 Å². The van der Waals surface area contributed by atoms with Crippen LogP contribution in [0.2, 0.25) is 5.15 Å². The summed E-state index contributed by atoms with van der Waals surface area (Å²) in [6, 6.07) is 1.71. The number of hydrogen-bond donors (Lipinski definition) is 1. The Kier molecular flexibility index (Phi) is 3.76. The topological polar surface area (TPSA) is 47.0 Å². The number of hydrogen-bond acceptors (Lipinski definition) is 4. The number of halogens is 1. The van der Waals surface area contributed by atoms with Crippen molar-refractivity contribution in [2.45, 2.75) is 0 Å². The van der Waals surface area contributed by atoms with E-state index in [9.17, 15) is 0 Å². The molecule has 0 radical (unpaired) electrons. The fourth-order valence-corrected chi connectivity index (χ4v) is 0.896. The van der Waals surface area contributed by atoms with Gasteiger partial charge in [0.15, 0.2) is 5.15 Å². The molecule has 0 spiro atoms. The van der Waals surface area contributed by atoms with Crippen LogP contribution in [-0.2, 0) is 4.74 Å². The molecule has 0 amide bonds. The minimum Gasteiger partial charge on any atom is -0.383 e. The highest BCUT2D eigenvalue weighted by Gasteiger charge is 1.93. The predicted octanol–water partition coefficient (Wildman–Crippen LogP) is 1.19. The van der Waals surface area contributed by atoms with Crippen LogP contribution in [0.1, 0.15) is 0 Å². The molecule has 0 atom stereocenters. The Hall–Kier alpha value is -0.870. The lowest BCUT2D eigenvalue weighted by Crippen LogP contribution is -2.07. The summed E-state index contributed by atoms with van der Waals surface area (Å²) in [5, 5.41) is 10.8. The van der Waals surface area contributed by atoms with E-state index in [0.717, 1.165) is 12.2 Å². The van der Waals surface area contributed by atoms with Gasteiger partial charge in [0.2, 0.25) is 0 Å². The van der Waals surface area contributed by atoms with E-state index < -0.39 is 0 Å². The van der Waals surface area contributed by atoms with E-state index in [1.54, 1.807) is 19.4 Å². The molecule has 5 heteroatoms. The van der Waals surface area contributed by atoms with Crippen LogP contribution in [0.4, 0.5) is 5.69 Å². The van der Waals surface area contributed by atoms with Crippen molar-refractivity contribution in [1.29, 1.82) is 0 Å². The van der Waals surface area contributed by atoms with Crippen molar-refractivity contribution in [2.75, 3.05) is 25.6 Å². The quantitative estimate of drug-likeness (QED) is 0.720. The Bertz CT molecular complexity index is 244. The molecule has 0 aromatic carbocycles. The lowest BCUT2D eigenvalue weighted by atomic mass is 10.4. The summed E-state index contributed by atoms with van der Waals surface area (Å²) >= 11 is 5.61. The summed E-state index contributed by atoms with van der Waals surface area (Å²) in [4.78, 5) is 0. The first kappa shape index (κ1) is 9.22. The average molecular weight is 188 g/mol. The van der Waals surface area contributed by atoms with Crippen LogP contribution in [0.25, 0.3) is 0 Å². The van der Waals surface area contributed by atoms with Crippen molar-refractivity contribution >= 4 is 17.3 Å². The van der Waals surface area contributed by atoms with Crippen molar-refractivity contribution in [1.82, 2.24) is 10.2 Å². The van der Waals surface area contributed by atoms with Crippen molar-refractivity contribution in [2.24, 2.45) is 0 Å². The van der Waals surface area contributed by atoms with Gasteiger partial charge in [-0.15, -0.1) is 5.10 Å². The number of anilines is 1. The second-order valence-electron chi connectivity index (χ2n) is 2.19. The highest BCUT2D eigenvalue weighted by atomic mass is 35.5. The first-order valence-electron chi connectivity index (χ1n) is 3.54. The standard InChI is InChI=1S/C7H10ClN3O/c1-12-3-2-9-6-4-7(8)11-10-5-6/h4-5H,2-3H2,1H3,(H,9,11). The van der Waals surface area contributed by atoms with Gasteiger partial charge in [-0.3, -0.25) is 0 Å². The minimum absolute atomic E-state index is 0.386. The molecule has 0 unspecified atom stereocenters. The second kappa shape index (κ2) is 4.90. The fourth-order valence-electron chi connectivity index (χ4n) is 0.735. The summed E-state index contributed by atoms with van der Waals surface area (Å²) in [6.07, 6.45) is 1.61. The fraction of sp³-hybridized carbons (Fsp3) is 0.429. The van der Waals surface area contributed by atoms with Crippen molar-refractivity contribution in [3.05, 3.63) is 17.4 Å². The number of nitrogens with one attached hydrogen (secondary N) is 1. The summed E-state index contributed by atoms with van der Waals surface area (Å²) in [7, 11) is 1.65. The van der Waals surface area contributed by atoms with E-state index in [4.69, 9.17) is 16.3 Å². The Morgan fingerprint density at radius 3 is 3.17 bits per heavy atom. The third kappa shape index (κ3) is 3.02. The molecule has 1 rings (SSSR count). The van der Waals surface area contributed by atoms with E-state index in [0.29, 0.717) is 11.8 Å². The van der Waals surface area contributed by atoms with Crippen LogP contribution in [0.5, 0.6) is 0 Å². The Morgan fingerprint density at radius 2 is 2.50 bits per heavy atom. The van der Waals surface area contributed by atoms with Gasteiger partial charge in [-0.25, -0.2) is 0 Å². The molecule has 0 bridgehead atoms. The van der Waals surface area contributed by atoms with Crippen molar-refractivity contribution < 1.29 is 4.74 Å². The molecule has 0 aliphatic heterocycles. The van der Waals surface area contributed by atoms with Crippen LogP contribution >= 0.6 is 11.6 Å². The zero-order chi connectivity index (χ0) is 8.81. The minimum atomic E-state index is 0.386. The molecule has 4 nitrogen and oxygen atoms in total. The number of ether oxygens (including phenoxy) is 1. The first-order chi connectivity index (χ1) is 5.83. The zero-order valence-electron chi connectivity index (χ0n) is 6.75. The molecular formula is C7H10ClN3O. The van der Waals surface area contributed by atoms with Crippen LogP contribution in [0.3, 0.4) is 0 Å². The second-order valence-corrected chi connectivity index (χ2v) is 2.57. The molecular weight excluding hydrogens is 178 g/mol. The molecule has 66 valence electrons. The average Bonchev–Trinajstić information content (AvgIpc) is 2.05. The summed E-state index contributed by atoms with van der Waals surface area (Å²) in [5.41, 5.74) is 0.854. The number of methoxy groups -OCH3 is 1. The molecule has 12 heavy (non-hydrogen) atoms. The highest BCUT2D eigenvalue weighted by molar-refractivity contribution is 6.29. The molecule has 0 aliphatic carbocycles. The largest absolute Gasteiger partial charge is 0.383 e. The molecule has 0 aliphatic rings. The third-order valence-electron chi connectivity index (χ3n) is 1.26. The molecule has 1 heterocycles. The third-order valence-corrected chi connectivity index (χ3v) is 1.44.